The normalized spacial score (nSPS) is 12.1. The summed E-state index contributed by atoms with van der Waals surface area (Å²) in [5, 5.41) is 6.75. The van der Waals surface area contributed by atoms with Crippen LogP contribution in [0.5, 0.6) is 0 Å². The average Bonchev–Trinajstić information content (AvgIpc) is 2.98. The quantitative estimate of drug-likeness (QED) is 0.499. The molecule has 0 saturated heterocycles. The van der Waals surface area contributed by atoms with E-state index in [1.807, 2.05) is 37.3 Å². The van der Waals surface area contributed by atoms with Gasteiger partial charge in [0.15, 0.2) is 0 Å². The number of aromatic nitrogens is 1. The van der Waals surface area contributed by atoms with Crippen LogP contribution in [0.2, 0.25) is 0 Å². The molecule has 1 heterocycles. The highest BCUT2D eigenvalue weighted by molar-refractivity contribution is 7.81. The third-order valence-electron chi connectivity index (χ3n) is 3.92. The molecule has 0 aliphatic carbocycles. The summed E-state index contributed by atoms with van der Waals surface area (Å²) in [5.74, 6) is 0.776. The first-order valence-electron chi connectivity index (χ1n) is 8.63. The lowest BCUT2D eigenvalue weighted by molar-refractivity contribution is -0.120. The van der Waals surface area contributed by atoms with Gasteiger partial charge in [-0.3, -0.25) is 4.79 Å². The van der Waals surface area contributed by atoms with Gasteiger partial charge in [0.05, 0.1) is 11.9 Å². The van der Waals surface area contributed by atoms with Crippen LogP contribution in [0.1, 0.15) is 37.5 Å². The molecule has 0 fully saturated rings. The van der Waals surface area contributed by atoms with Gasteiger partial charge in [0, 0.05) is 24.3 Å². The fraction of sp³-hybridized carbons (Fsp3) is 0.474. The van der Waals surface area contributed by atoms with E-state index in [2.05, 4.69) is 23.1 Å². The minimum absolute atomic E-state index is 0.0176. The first kappa shape index (κ1) is 19.5. The molecule has 0 saturated carbocycles. The SMILES string of the molecule is Cc1onc(-c2ccccc2)c1COCCCCCNC(=O)[C@@H](C)S. The van der Waals surface area contributed by atoms with E-state index in [-0.39, 0.29) is 11.2 Å². The molecule has 1 atom stereocenters. The summed E-state index contributed by atoms with van der Waals surface area (Å²) < 4.78 is 11.1. The minimum atomic E-state index is -0.256. The molecule has 5 nitrogen and oxygen atoms in total. The smallest absolute Gasteiger partial charge is 0.232 e. The number of amides is 1. The van der Waals surface area contributed by atoms with Crippen molar-refractivity contribution in [1.82, 2.24) is 10.5 Å². The highest BCUT2D eigenvalue weighted by atomic mass is 32.1. The summed E-state index contributed by atoms with van der Waals surface area (Å²) in [6.07, 6.45) is 2.91. The zero-order valence-corrected chi connectivity index (χ0v) is 15.7. The number of nitrogens with zero attached hydrogens (tertiary/aromatic N) is 1. The van der Waals surface area contributed by atoms with Gasteiger partial charge in [-0.2, -0.15) is 12.6 Å². The summed E-state index contributed by atoms with van der Waals surface area (Å²) >= 11 is 4.09. The van der Waals surface area contributed by atoms with Gasteiger partial charge in [-0.25, -0.2) is 0 Å². The number of unbranched alkanes of at least 4 members (excludes halogenated alkanes) is 2. The Morgan fingerprint density at radius 2 is 2.04 bits per heavy atom. The van der Waals surface area contributed by atoms with E-state index in [1.54, 1.807) is 6.92 Å². The number of benzene rings is 1. The van der Waals surface area contributed by atoms with Crippen molar-refractivity contribution in [2.45, 2.75) is 45.0 Å². The number of hydrogen-bond acceptors (Lipinski definition) is 5. The molecule has 2 rings (SSSR count). The minimum Gasteiger partial charge on any atom is -0.377 e. The zero-order chi connectivity index (χ0) is 18.1. The number of nitrogens with one attached hydrogen (secondary N) is 1. The molecule has 0 bridgehead atoms. The Morgan fingerprint density at radius 1 is 1.28 bits per heavy atom. The fourth-order valence-corrected chi connectivity index (χ4v) is 2.51. The lowest BCUT2D eigenvalue weighted by Gasteiger charge is -2.07. The van der Waals surface area contributed by atoms with Gasteiger partial charge in [-0.15, -0.1) is 0 Å². The number of thiol groups is 1. The molecule has 0 aliphatic heterocycles. The number of carbonyl (C=O) groups excluding carboxylic acids is 1. The maximum Gasteiger partial charge on any atom is 0.232 e. The molecule has 0 radical (unpaired) electrons. The van der Waals surface area contributed by atoms with E-state index in [1.165, 1.54) is 0 Å². The summed E-state index contributed by atoms with van der Waals surface area (Å²) in [4.78, 5) is 11.4. The lowest BCUT2D eigenvalue weighted by atomic mass is 10.1. The van der Waals surface area contributed by atoms with Gasteiger partial charge in [0.1, 0.15) is 11.5 Å². The monoisotopic (exact) mass is 362 g/mol. The van der Waals surface area contributed by atoms with Crippen molar-refractivity contribution >= 4 is 18.5 Å². The maximum atomic E-state index is 11.4. The van der Waals surface area contributed by atoms with Crippen molar-refractivity contribution in [3.63, 3.8) is 0 Å². The average molecular weight is 362 g/mol. The molecule has 2 aromatic rings. The van der Waals surface area contributed by atoms with Crippen LogP contribution in [0, 0.1) is 6.92 Å². The summed E-state index contributed by atoms with van der Waals surface area (Å²) in [6.45, 7) is 5.53. The third kappa shape index (κ3) is 6.21. The third-order valence-corrected chi connectivity index (χ3v) is 4.16. The molecule has 25 heavy (non-hydrogen) atoms. The first-order chi connectivity index (χ1) is 12.1. The predicted octanol–water partition coefficient (Wildman–Crippen LogP) is 3.77. The van der Waals surface area contributed by atoms with E-state index in [0.29, 0.717) is 19.8 Å². The Kier molecular flexibility index (Phi) is 8.01. The number of aryl methyl sites for hydroxylation is 1. The Morgan fingerprint density at radius 3 is 2.76 bits per heavy atom. The van der Waals surface area contributed by atoms with Crippen molar-refractivity contribution in [2.75, 3.05) is 13.2 Å². The highest BCUT2D eigenvalue weighted by Crippen LogP contribution is 2.25. The van der Waals surface area contributed by atoms with Gasteiger partial charge >= 0.3 is 0 Å². The van der Waals surface area contributed by atoms with Gasteiger partial charge in [-0.1, -0.05) is 35.5 Å². The Labute approximate surface area is 154 Å². The molecule has 1 aromatic heterocycles. The van der Waals surface area contributed by atoms with E-state index >= 15 is 0 Å². The van der Waals surface area contributed by atoms with Crippen molar-refractivity contribution in [2.24, 2.45) is 0 Å². The summed E-state index contributed by atoms with van der Waals surface area (Å²) in [7, 11) is 0. The molecule has 0 unspecified atom stereocenters. The molecule has 0 spiro atoms. The predicted molar refractivity (Wildman–Crippen MR) is 102 cm³/mol. The molecule has 0 aliphatic rings. The summed E-state index contributed by atoms with van der Waals surface area (Å²) in [5.41, 5.74) is 2.88. The Hall–Kier alpha value is -1.79. The number of ether oxygens (including phenoxy) is 1. The topological polar surface area (TPSA) is 64.4 Å². The zero-order valence-electron chi connectivity index (χ0n) is 14.8. The van der Waals surface area contributed by atoms with Crippen LogP contribution in [0.3, 0.4) is 0 Å². The molecular weight excluding hydrogens is 336 g/mol. The molecule has 1 aromatic carbocycles. The first-order valence-corrected chi connectivity index (χ1v) is 9.15. The largest absolute Gasteiger partial charge is 0.377 e. The van der Waals surface area contributed by atoms with E-state index in [0.717, 1.165) is 41.8 Å². The van der Waals surface area contributed by atoms with Crippen LogP contribution in [0.15, 0.2) is 34.9 Å². The van der Waals surface area contributed by atoms with Gasteiger partial charge in [0.2, 0.25) is 5.91 Å². The summed E-state index contributed by atoms with van der Waals surface area (Å²) in [6, 6.07) is 9.97. The second-order valence-electron chi connectivity index (χ2n) is 6.01. The van der Waals surface area contributed by atoms with Crippen LogP contribution in [-0.4, -0.2) is 29.5 Å². The molecule has 1 amide bonds. The van der Waals surface area contributed by atoms with E-state index in [4.69, 9.17) is 9.26 Å². The maximum absolute atomic E-state index is 11.4. The Balaban J connectivity index is 1.68. The standard InChI is InChI=1S/C19H26N2O3S/c1-14-17(18(21-24-14)16-9-5-3-6-10-16)13-23-12-8-4-7-11-20-19(22)15(2)25/h3,5-6,9-10,15,25H,4,7-8,11-13H2,1-2H3,(H,20,22)/t15-/m1/s1. The van der Waals surface area contributed by atoms with Crippen molar-refractivity contribution in [3.05, 3.63) is 41.7 Å². The fourth-order valence-electron chi connectivity index (χ4n) is 2.42. The van der Waals surface area contributed by atoms with Crippen molar-refractivity contribution < 1.29 is 14.1 Å². The second kappa shape index (κ2) is 10.3. The van der Waals surface area contributed by atoms with E-state index < -0.39 is 0 Å². The van der Waals surface area contributed by atoms with E-state index in [9.17, 15) is 4.79 Å². The molecule has 6 heteroatoms. The van der Waals surface area contributed by atoms with Gasteiger partial charge in [0.25, 0.3) is 0 Å². The number of hydrogen-bond donors (Lipinski definition) is 2. The van der Waals surface area contributed by atoms with Crippen LogP contribution in [-0.2, 0) is 16.1 Å². The van der Waals surface area contributed by atoms with Gasteiger partial charge in [-0.05, 0) is 33.1 Å². The van der Waals surface area contributed by atoms with Crippen molar-refractivity contribution in [3.8, 4) is 11.3 Å². The second-order valence-corrected chi connectivity index (χ2v) is 6.79. The highest BCUT2D eigenvalue weighted by Gasteiger charge is 2.14. The van der Waals surface area contributed by atoms with Crippen LogP contribution in [0.4, 0.5) is 0 Å². The van der Waals surface area contributed by atoms with Crippen LogP contribution >= 0.6 is 12.6 Å². The van der Waals surface area contributed by atoms with Gasteiger partial charge < -0.3 is 14.6 Å². The number of rotatable bonds is 10. The van der Waals surface area contributed by atoms with Crippen LogP contribution < -0.4 is 5.32 Å². The van der Waals surface area contributed by atoms with Crippen molar-refractivity contribution in [1.29, 1.82) is 0 Å². The van der Waals surface area contributed by atoms with Crippen LogP contribution in [0.25, 0.3) is 11.3 Å². The Bertz CT molecular complexity index is 656. The molecule has 136 valence electrons. The number of carbonyl (C=O) groups is 1. The molecule has 1 N–H and O–H groups in total. The molecular formula is C19H26N2O3S. The lowest BCUT2D eigenvalue weighted by Crippen LogP contribution is -2.30.